The van der Waals surface area contributed by atoms with E-state index >= 15 is 0 Å². The van der Waals surface area contributed by atoms with E-state index in [1.165, 1.54) is 32.1 Å². The number of rotatable bonds is 8. The highest BCUT2D eigenvalue weighted by atomic mass is 16.5. The maximum absolute atomic E-state index is 11.6. The summed E-state index contributed by atoms with van der Waals surface area (Å²) in [5.41, 5.74) is 1.16. The summed E-state index contributed by atoms with van der Waals surface area (Å²) in [5.74, 6) is 1.52. The van der Waals surface area contributed by atoms with Crippen LogP contribution in [0.3, 0.4) is 0 Å². The van der Waals surface area contributed by atoms with E-state index in [1.54, 1.807) is 14.0 Å². The minimum Gasteiger partial charge on any atom is -0.493 e. The van der Waals surface area contributed by atoms with Crippen molar-refractivity contribution in [1.82, 2.24) is 14.7 Å². The molecule has 0 aromatic heterocycles. The average Bonchev–Trinajstić information content (AvgIpc) is 3.00. The van der Waals surface area contributed by atoms with Crippen LogP contribution in [0.5, 0.6) is 11.5 Å². The van der Waals surface area contributed by atoms with Crippen molar-refractivity contribution in [3.05, 3.63) is 23.8 Å². The monoisotopic (exact) mass is 447 g/mol. The lowest BCUT2D eigenvalue weighted by Crippen LogP contribution is -2.37. The summed E-state index contributed by atoms with van der Waals surface area (Å²) in [6.07, 6.45) is 6.83. The number of ether oxygens (including phenoxy) is 2. The quantitative estimate of drug-likeness (QED) is 0.661. The fourth-order valence-electron chi connectivity index (χ4n) is 4.66. The molecule has 2 aliphatic heterocycles. The van der Waals surface area contributed by atoms with Crippen LogP contribution in [0.4, 0.5) is 0 Å². The van der Waals surface area contributed by atoms with Gasteiger partial charge in [0.25, 0.3) is 0 Å². The predicted molar refractivity (Wildman–Crippen MR) is 126 cm³/mol. The Morgan fingerprint density at radius 3 is 2.38 bits per heavy atom. The van der Waals surface area contributed by atoms with Gasteiger partial charge in [0.05, 0.1) is 7.11 Å². The van der Waals surface area contributed by atoms with Gasteiger partial charge in [-0.3, -0.25) is 9.69 Å². The van der Waals surface area contributed by atoms with Gasteiger partial charge in [0.2, 0.25) is 5.91 Å². The van der Waals surface area contributed by atoms with Gasteiger partial charge in [-0.2, -0.15) is 0 Å². The number of benzene rings is 1. The molecule has 2 fully saturated rings. The van der Waals surface area contributed by atoms with Crippen LogP contribution in [-0.4, -0.2) is 91.3 Å². The first-order valence-electron chi connectivity index (χ1n) is 12.2. The fraction of sp³-hybridized carbons (Fsp3) is 0.720. The first kappa shape index (κ1) is 24.8. The molecule has 180 valence electrons. The minimum absolute atomic E-state index is 0.156. The molecule has 2 heterocycles. The van der Waals surface area contributed by atoms with Crippen LogP contribution in [0.2, 0.25) is 0 Å². The van der Waals surface area contributed by atoms with E-state index in [4.69, 9.17) is 9.47 Å². The second-order valence-corrected chi connectivity index (χ2v) is 9.15. The van der Waals surface area contributed by atoms with Gasteiger partial charge >= 0.3 is 0 Å². The normalized spacial score (nSPS) is 20.2. The molecule has 0 unspecified atom stereocenters. The SMILES string of the molecule is COc1cc(CN2CCCN(C(C)=O)CC2)ccc1OC[C@@H](O)CN1CCCCCCC1. The molecule has 0 radical (unpaired) electrons. The molecular formula is C25H41N3O4. The zero-order valence-electron chi connectivity index (χ0n) is 19.9. The summed E-state index contributed by atoms with van der Waals surface area (Å²) in [4.78, 5) is 18.3. The number of β-amino-alcohol motifs (C(OH)–C–C–N with tert-alkyl or cyclic N) is 1. The molecule has 7 heteroatoms. The van der Waals surface area contributed by atoms with Crippen molar-refractivity contribution in [2.75, 3.05) is 59.5 Å². The molecule has 0 aliphatic carbocycles. The van der Waals surface area contributed by atoms with Gasteiger partial charge in [0.1, 0.15) is 12.7 Å². The lowest BCUT2D eigenvalue weighted by molar-refractivity contribution is -0.128. The zero-order chi connectivity index (χ0) is 22.8. The fourth-order valence-corrected chi connectivity index (χ4v) is 4.66. The lowest BCUT2D eigenvalue weighted by atomic mass is 10.1. The van der Waals surface area contributed by atoms with E-state index in [2.05, 4.69) is 15.9 Å². The third kappa shape index (κ3) is 7.94. The summed E-state index contributed by atoms with van der Waals surface area (Å²) in [6, 6.07) is 6.03. The molecule has 0 spiro atoms. The number of carbonyl (C=O) groups is 1. The summed E-state index contributed by atoms with van der Waals surface area (Å²) in [7, 11) is 1.65. The highest BCUT2D eigenvalue weighted by Crippen LogP contribution is 2.29. The number of hydrogen-bond donors (Lipinski definition) is 1. The summed E-state index contributed by atoms with van der Waals surface area (Å²) in [5, 5.41) is 10.5. The number of aliphatic hydroxyl groups excluding tert-OH is 1. The lowest BCUT2D eigenvalue weighted by Gasteiger charge is -2.27. The Morgan fingerprint density at radius 1 is 0.938 bits per heavy atom. The van der Waals surface area contributed by atoms with Gasteiger partial charge in [-0.1, -0.05) is 25.3 Å². The molecule has 32 heavy (non-hydrogen) atoms. The number of likely N-dealkylation sites (tertiary alicyclic amines) is 1. The van der Waals surface area contributed by atoms with Crippen molar-refractivity contribution in [2.45, 2.75) is 58.1 Å². The van der Waals surface area contributed by atoms with Crippen LogP contribution in [0.1, 0.15) is 51.0 Å². The van der Waals surface area contributed by atoms with Crippen LogP contribution in [0.15, 0.2) is 18.2 Å². The largest absolute Gasteiger partial charge is 0.493 e. The van der Waals surface area contributed by atoms with Crippen LogP contribution < -0.4 is 9.47 Å². The van der Waals surface area contributed by atoms with Crippen molar-refractivity contribution in [3.8, 4) is 11.5 Å². The number of carbonyl (C=O) groups excluding carboxylic acids is 1. The smallest absolute Gasteiger partial charge is 0.219 e. The van der Waals surface area contributed by atoms with Crippen molar-refractivity contribution in [2.24, 2.45) is 0 Å². The molecular weight excluding hydrogens is 406 g/mol. The van der Waals surface area contributed by atoms with Gasteiger partial charge in [-0.25, -0.2) is 0 Å². The van der Waals surface area contributed by atoms with E-state index in [0.29, 0.717) is 18.0 Å². The molecule has 1 amide bonds. The summed E-state index contributed by atoms with van der Waals surface area (Å²) < 4.78 is 11.5. The van der Waals surface area contributed by atoms with Crippen molar-refractivity contribution < 1.29 is 19.4 Å². The molecule has 1 aromatic carbocycles. The van der Waals surface area contributed by atoms with Crippen LogP contribution >= 0.6 is 0 Å². The van der Waals surface area contributed by atoms with E-state index in [1.807, 2.05) is 17.0 Å². The second-order valence-electron chi connectivity index (χ2n) is 9.15. The van der Waals surface area contributed by atoms with Gasteiger partial charge in [0.15, 0.2) is 11.5 Å². The molecule has 3 rings (SSSR count). The Bertz CT molecular complexity index is 706. The highest BCUT2D eigenvalue weighted by Gasteiger charge is 2.18. The maximum Gasteiger partial charge on any atom is 0.219 e. The molecule has 1 N–H and O–H groups in total. The standard InChI is InChI=1S/C25H41N3O4/c1-21(29)28-14-8-13-27(15-16-28)18-22-9-10-24(25(17-22)31-2)32-20-23(30)19-26-11-6-4-3-5-7-12-26/h9-10,17,23,30H,3-8,11-16,18-20H2,1-2H3/t23-/m0/s1. The molecule has 0 bridgehead atoms. The van der Waals surface area contributed by atoms with E-state index in [-0.39, 0.29) is 12.5 Å². The number of amides is 1. The van der Waals surface area contributed by atoms with Crippen LogP contribution in [0, 0.1) is 0 Å². The van der Waals surface area contributed by atoms with Crippen LogP contribution in [-0.2, 0) is 11.3 Å². The van der Waals surface area contributed by atoms with Crippen molar-refractivity contribution in [1.29, 1.82) is 0 Å². The third-order valence-corrected chi connectivity index (χ3v) is 6.52. The Morgan fingerprint density at radius 2 is 1.66 bits per heavy atom. The number of hydrogen-bond acceptors (Lipinski definition) is 6. The third-order valence-electron chi connectivity index (χ3n) is 6.52. The number of methoxy groups -OCH3 is 1. The number of aliphatic hydroxyl groups is 1. The Hall–Kier alpha value is -1.83. The Labute approximate surface area is 193 Å². The topological polar surface area (TPSA) is 65.5 Å². The molecule has 0 saturated carbocycles. The van der Waals surface area contributed by atoms with Crippen molar-refractivity contribution in [3.63, 3.8) is 0 Å². The number of nitrogens with zero attached hydrogens (tertiary/aromatic N) is 3. The zero-order valence-corrected chi connectivity index (χ0v) is 19.9. The van der Waals surface area contributed by atoms with Gasteiger partial charge in [-0.15, -0.1) is 0 Å². The summed E-state index contributed by atoms with van der Waals surface area (Å²) in [6.45, 7) is 8.99. The first-order valence-corrected chi connectivity index (χ1v) is 12.2. The predicted octanol–water partition coefficient (Wildman–Crippen LogP) is 2.76. The molecule has 2 aliphatic rings. The molecule has 2 saturated heterocycles. The molecule has 7 nitrogen and oxygen atoms in total. The second kappa shape index (κ2) is 13.0. The van der Waals surface area contributed by atoms with E-state index < -0.39 is 6.10 Å². The van der Waals surface area contributed by atoms with Gasteiger partial charge < -0.3 is 24.4 Å². The minimum atomic E-state index is -0.514. The van der Waals surface area contributed by atoms with Gasteiger partial charge in [0, 0.05) is 46.2 Å². The summed E-state index contributed by atoms with van der Waals surface area (Å²) >= 11 is 0. The van der Waals surface area contributed by atoms with E-state index in [9.17, 15) is 9.90 Å². The Kier molecular flexibility index (Phi) is 10.1. The molecule has 1 aromatic rings. The van der Waals surface area contributed by atoms with E-state index in [0.717, 1.165) is 57.8 Å². The van der Waals surface area contributed by atoms with Crippen LogP contribution in [0.25, 0.3) is 0 Å². The first-order chi connectivity index (χ1) is 15.5. The Balaban J connectivity index is 1.49. The van der Waals surface area contributed by atoms with Crippen molar-refractivity contribution >= 4 is 5.91 Å². The van der Waals surface area contributed by atoms with Gasteiger partial charge in [-0.05, 0) is 50.0 Å². The highest BCUT2D eigenvalue weighted by molar-refractivity contribution is 5.73. The molecule has 1 atom stereocenters. The average molecular weight is 448 g/mol. The maximum atomic E-state index is 11.6.